The first-order valence-electron chi connectivity index (χ1n) is 4.75. The monoisotopic (exact) mass is 212 g/mol. The van der Waals surface area contributed by atoms with Crippen LogP contribution in [0.1, 0.15) is 0 Å². The summed E-state index contributed by atoms with van der Waals surface area (Å²) in [4.78, 5) is 23.9. The van der Waals surface area contributed by atoms with E-state index in [1.807, 2.05) is 0 Å². The SMILES string of the molecule is [B]CC(=O)N(CCN)CC(=O)NCNC. The van der Waals surface area contributed by atoms with E-state index in [4.69, 9.17) is 13.6 Å². The van der Waals surface area contributed by atoms with Crippen molar-refractivity contribution in [3.8, 4) is 0 Å². The van der Waals surface area contributed by atoms with Crippen molar-refractivity contribution in [2.24, 2.45) is 5.73 Å². The Morgan fingerprint density at radius 2 is 2.13 bits per heavy atom. The second-order valence-corrected chi connectivity index (χ2v) is 2.94. The van der Waals surface area contributed by atoms with E-state index in [-0.39, 0.29) is 24.7 Å². The molecular formula is C8H17BN4O2. The molecule has 0 aromatic rings. The fraction of sp³-hybridized carbons (Fsp3) is 0.750. The summed E-state index contributed by atoms with van der Waals surface area (Å²) in [5.74, 6) is -0.514. The van der Waals surface area contributed by atoms with Crippen molar-refractivity contribution in [3.05, 3.63) is 0 Å². The van der Waals surface area contributed by atoms with Crippen molar-refractivity contribution in [2.45, 2.75) is 6.32 Å². The normalized spacial score (nSPS) is 9.73. The molecular weight excluding hydrogens is 195 g/mol. The standard InChI is InChI=1S/C8H17BN4O2/c1-11-6-12-7(14)5-13(3-2-10)8(15)4-9/h11H,2-6,10H2,1H3,(H,12,14). The van der Waals surface area contributed by atoms with Crippen molar-refractivity contribution in [1.29, 1.82) is 0 Å². The van der Waals surface area contributed by atoms with Gasteiger partial charge in [0.25, 0.3) is 0 Å². The summed E-state index contributed by atoms with van der Waals surface area (Å²) in [6.07, 6.45) is -0.112. The lowest BCUT2D eigenvalue weighted by atomic mass is 10.0. The number of rotatable bonds is 7. The molecule has 2 radical (unpaired) electrons. The highest BCUT2D eigenvalue weighted by Gasteiger charge is 2.13. The number of hydrogen-bond acceptors (Lipinski definition) is 4. The minimum Gasteiger partial charge on any atom is -0.342 e. The van der Waals surface area contributed by atoms with Crippen LogP contribution < -0.4 is 16.4 Å². The number of nitrogens with zero attached hydrogens (tertiary/aromatic N) is 1. The molecule has 0 saturated heterocycles. The molecule has 0 aromatic heterocycles. The van der Waals surface area contributed by atoms with Gasteiger partial charge in [0.2, 0.25) is 11.8 Å². The van der Waals surface area contributed by atoms with E-state index < -0.39 is 0 Å². The molecule has 0 aliphatic rings. The lowest BCUT2D eigenvalue weighted by Gasteiger charge is -2.20. The third-order valence-corrected chi connectivity index (χ3v) is 1.72. The molecule has 0 aliphatic carbocycles. The average Bonchev–Trinajstić information content (AvgIpc) is 2.24. The highest BCUT2D eigenvalue weighted by atomic mass is 16.2. The van der Waals surface area contributed by atoms with E-state index in [9.17, 15) is 9.59 Å². The quantitative estimate of drug-likeness (QED) is 0.326. The predicted molar refractivity (Wildman–Crippen MR) is 58.3 cm³/mol. The second kappa shape index (κ2) is 8.25. The summed E-state index contributed by atoms with van der Waals surface area (Å²) < 4.78 is 0. The minimum absolute atomic E-state index is 0.00505. The zero-order valence-electron chi connectivity index (χ0n) is 8.95. The largest absolute Gasteiger partial charge is 0.342 e. The van der Waals surface area contributed by atoms with Gasteiger partial charge in [0, 0.05) is 13.1 Å². The lowest BCUT2D eigenvalue weighted by molar-refractivity contribution is -0.134. The molecule has 15 heavy (non-hydrogen) atoms. The van der Waals surface area contributed by atoms with Crippen LogP contribution in [0.5, 0.6) is 0 Å². The van der Waals surface area contributed by atoms with Crippen molar-refractivity contribution < 1.29 is 9.59 Å². The maximum atomic E-state index is 11.3. The number of nitrogens with one attached hydrogen (secondary N) is 2. The maximum Gasteiger partial charge on any atom is 0.240 e. The Labute approximate surface area is 91.0 Å². The second-order valence-electron chi connectivity index (χ2n) is 2.94. The molecule has 0 heterocycles. The van der Waals surface area contributed by atoms with Gasteiger partial charge in [0.15, 0.2) is 0 Å². The summed E-state index contributed by atoms with van der Waals surface area (Å²) in [5.41, 5.74) is 5.32. The molecule has 0 rings (SSSR count). The van der Waals surface area contributed by atoms with Crippen LogP contribution in [0, 0.1) is 0 Å². The Bertz CT molecular complexity index is 213. The fourth-order valence-electron chi connectivity index (χ4n) is 0.993. The van der Waals surface area contributed by atoms with E-state index in [1.165, 1.54) is 4.90 Å². The van der Waals surface area contributed by atoms with Gasteiger partial charge in [0.05, 0.1) is 21.1 Å². The highest BCUT2D eigenvalue weighted by Crippen LogP contribution is 1.91. The molecule has 0 bridgehead atoms. The van der Waals surface area contributed by atoms with Crippen LogP contribution in [0.3, 0.4) is 0 Å². The van der Waals surface area contributed by atoms with E-state index in [1.54, 1.807) is 7.05 Å². The van der Waals surface area contributed by atoms with Gasteiger partial charge in [-0.3, -0.25) is 9.59 Å². The summed E-state index contributed by atoms with van der Waals surface area (Å²) in [5, 5.41) is 5.34. The molecule has 84 valence electrons. The zero-order chi connectivity index (χ0) is 11.7. The Morgan fingerprint density at radius 1 is 1.47 bits per heavy atom. The van der Waals surface area contributed by atoms with Gasteiger partial charge in [-0.1, -0.05) is 0 Å². The summed E-state index contributed by atoms with van der Waals surface area (Å²) in [6, 6.07) is 0. The Morgan fingerprint density at radius 3 is 2.60 bits per heavy atom. The molecule has 2 amide bonds. The molecule has 4 N–H and O–H groups in total. The van der Waals surface area contributed by atoms with Crippen molar-refractivity contribution in [3.63, 3.8) is 0 Å². The lowest BCUT2D eigenvalue weighted by Crippen LogP contribution is -2.44. The van der Waals surface area contributed by atoms with Gasteiger partial charge in [-0.05, 0) is 13.4 Å². The van der Waals surface area contributed by atoms with Crippen molar-refractivity contribution in [1.82, 2.24) is 15.5 Å². The Balaban J connectivity index is 4.03. The molecule has 7 heteroatoms. The van der Waals surface area contributed by atoms with Gasteiger partial charge in [-0.2, -0.15) is 0 Å². The number of carbonyl (C=O) groups is 2. The first-order chi connectivity index (χ1) is 7.15. The number of carbonyl (C=O) groups excluding carboxylic acids is 2. The molecule has 0 aliphatic heterocycles. The smallest absolute Gasteiger partial charge is 0.240 e. The van der Waals surface area contributed by atoms with E-state index in [0.29, 0.717) is 19.8 Å². The first kappa shape index (κ1) is 13.9. The number of nitrogens with two attached hydrogens (primary N) is 1. The van der Waals surface area contributed by atoms with Crippen molar-refractivity contribution in [2.75, 3.05) is 33.4 Å². The van der Waals surface area contributed by atoms with E-state index in [0.717, 1.165) is 0 Å². The molecule has 0 atom stereocenters. The topological polar surface area (TPSA) is 87.5 Å². The summed E-state index contributed by atoms with van der Waals surface area (Å²) in [7, 11) is 6.91. The van der Waals surface area contributed by atoms with Crippen LogP contribution in [-0.4, -0.2) is 57.9 Å². The number of hydrogen-bond donors (Lipinski definition) is 3. The molecule has 6 nitrogen and oxygen atoms in total. The van der Waals surface area contributed by atoms with Crippen LogP contribution in [0.15, 0.2) is 0 Å². The minimum atomic E-state index is -0.278. The summed E-state index contributed by atoms with van der Waals surface area (Å²) in [6.45, 7) is 1.01. The summed E-state index contributed by atoms with van der Waals surface area (Å²) >= 11 is 0. The number of amides is 2. The molecule has 0 unspecified atom stereocenters. The maximum absolute atomic E-state index is 11.3. The molecule has 0 saturated carbocycles. The van der Waals surface area contributed by atoms with Crippen LogP contribution in [0.2, 0.25) is 6.32 Å². The van der Waals surface area contributed by atoms with E-state index in [2.05, 4.69) is 10.6 Å². The van der Waals surface area contributed by atoms with Gasteiger partial charge in [-0.15, -0.1) is 0 Å². The van der Waals surface area contributed by atoms with Crippen LogP contribution >= 0.6 is 0 Å². The molecule has 0 spiro atoms. The van der Waals surface area contributed by atoms with Crippen LogP contribution in [-0.2, 0) is 9.59 Å². The average molecular weight is 212 g/mol. The van der Waals surface area contributed by atoms with Gasteiger partial charge in [0.1, 0.15) is 0 Å². The fourth-order valence-corrected chi connectivity index (χ4v) is 0.993. The van der Waals surface area contributed by atoms with E-state index >= 15 is 0 Å². The van der Waals surface area contributed by atoms with Crippen LogP contribution in [0.25, 0.3) is 0 Å². The predicted octanol–water partition coefficient (Wildman–Crippen LogP) is -2.35. The molecule has 0 fully saturated rings. The third kappa shape index (κ3) is 6.08. The first-order valence-corrected chi connectivity index (χ1v) is 4.75. The van der Waals surface area contributed by atoms with Crippen molar-refractivity contribution >= 4 is 19.7 Å². The molecule has 0 aromatic carbocycles. The van der Waals surface area contributed by atoms with Gasteiger partial charge in [-0.25, -0.2) is 0 Å². The highest BCUT2D eigenvalue weighted by molar-refractivity contribution is 6.19. The van der Waals surface area contributed by atoms with Crippen LogP contribution in [0.4, 0.5) is 0 Å². The van der Waals surface area contributed by atoms with Gasteiger partial charge < -0.3 is 21.3 Å². The Hall–Kier alpha value is -1.08. The third-order valence-electron chi connectivity index (χ3n) is 1.72. The zero-order valence-corrected chi connectivity index (χ0v) is 8.95. The Kier molecular flexibility index (Phi) is 7.66. The van der Waals surface area contributed by atoms with Gasteiger partial charge >= 0.3 is 0 Å².